The zero-order valence-electron chi connectivity index (χ0n) is 9.34. The third-order valence-electron chi connectivity index (χ3n) is 2.80. The van der Waals surface area contributed by atoms with Gasteiger partial charge >= 0.3 is 0 Å². The third kappa shape index (κ3) is 1.63. The molecule has 1 N–H and O–H groups in total. The lowest BCUT2D eigenvalue weighted by atomic mass is 10.1. The Morgan fingerprint density at radius 2 is 2.12 bits per heavy atom. The fourth-order valence-corrected chi connectivity index (χ4v) is 1.88. The van der Waals surface area contributed by atoms with E-state index in [0.717, 1.165) is 22.2 Å². The summed E-state index contributed by atoms with van der Waals surface area (Å²) in [6.07, 6.45) is 1.77. The summed E-state index contributed by atoms with van der Waals surface area (Å²) in [5, 5.41) is 4.07. The number of fused-ring (bicyclic) bond motifs is 1. The number of hydrogen-bond donors (Lipinski definition) is 1. The summed E-state index contributed by atoms with van der Waals surface area (Å²) in [4.78, 5) is 15.7. The van der Waals surface area contributed by atoms with E-state index in [1.165, 1.54) is 4.68 Å². The van der Waals surface area contributed by atoms with E-state index in [-0.39, 0.29) is 5.56 Å². The number of benzene rings is 1. The Bertz CT molecular complexity index is 740. The first-order valence-corrected chi connectivity index (χ1v) is 5.35. The van der Waals surface area contributed by atoms with Crippen LogP contribution in [0.4, 0.5) is 0 Å². The summed E-state index contributed by atoms with van der Waals surface area (Å²) in [6.45, 7) is 0. The van der Waals surface area contributed by atoms with Crippen molar-refractivity contribution in [3.8, 4) is 11.3 Å². The van der Waals surface area contributed by atoms with Crippen LogP contribution in [0.5, 0.6) is 0 Å². The van der Waals surface area contributed by atoms with Crippen molar-refractivity contribution in [2.75, 3.05) is 0 Å². The van der Waals surface area contributed by atoms with Gasteiger partial charge in [0, 0.05) is 30.3 Å². The van der Waals surface area contributed by atoms with E-state index in [4.69, 9.17) is 0 Å². The fraction of sp³-hybridized carbons (Fsp3) is 0.0769. The lowest BCUT2D eigenvalue weighted by Gasteiger charge is -2.00. The molecule has 0 saturated heterocycles. The number of rotatable bonds is 1. The van der Waals surface area contributed by atoms with Crippen LogP contribution in [-0.4, -0.2) is 14.8 Å². The van der Waals surface area contributed by atoms with Gasteiger partial charge in [-0.3, -0.25) is 19.6 Å². The van der Waals surface area contributed by atoms with E-state index in [9.17, 15) is 4.79 Å². The molecule has 2 heterocycles. The van der Waals surface area contributed by atoms with Crippen molar-refractivity contribution >= 4 is 10.9 Å². The minimum absolute atomic E-state index is 0.0358. The van der Waals surface area contributed by atoms with Crippen LogP contribution in [0.2, 0.25) is 0 Å². The second-order valence-electron chi connectivity index (χ2n) is 3.98. The minimum atomic E-state index is -0.0358. The monoisotopic (exact) mass is 225 g/mol. The van der Waals surface area contributed by atoms with Gasteiger partial charge in [0.2, 0.25) is 0 Å². The number of pyridine rings is 1. The van der Waals surface area contributed by atoms with Crippen LogP contribution >= 0.6 is 0 Å². The van der Waals surface area contributed by atoms with Gasteiger partial charge in [0.15, 0.2) is 0 Å². The van der Waals surface area contributed by atoms with Crippen LogP contribution in [-0.2, 0) is 7.05 Å². The maximum absolute atomic E-state index is 11.4. The second kappa shape index (κ2) is 3.59. The summed E-state index contributed by atoms with van der Waals surface area (Å²) in [7, 11) is 1.70. The van der Waals surface area contributed by atoms with Crippen molar-refractivity contribution < 1.29 is 0 Å². The predicted octanol–water partition coefficient (Wildman–Crippen LogP) is 1.93. The average Bonchev–Trinajstić information content (AvgIpc) is 2.69. The van der Waals surface area contributed by atoms with Gasteiger partial charge in [-0.1, -0.05) is 12.1 Å². The number of hydrogen-bond acceptors (Lipinski definition) is 2. The van der Waals surface area contributed by atoms with E-state index >= 15 is 0 Å². The maximum atomic E-state index is 11.4. The number of H-pyrrole nitrogens is 1. The largest absolute Gasteiger partial charge is 0.295 e. The van der Waals surface area contributed by atoms with Crippen molar-refractivity contribution in [1.82, 2.24) is 14.8 Å². The summed E-state index contributed by atoms with van der Waals surface area (Å²) in [6, 6.07) is 11.4. The molecular weight excluding hydrogens is 214 g/mol. The van der Waals surface area contributed by atoms with Gasteiger partial charge in [-0.05, 0) is 18.2 Å². The Morgan fingerprint density at radius 3 is 2.88 bits per heavy atom. The summed E-state index contributed by atoms with van der Waals surface area (Å²) < 4.78 is 1.46. The second-order valence-corrected chi connectivity index (χ2v) is 3.98. The Morgan fingerprint density at radius 1 is 1.24 bits per heavy atom. The Balaban J connectivity index is 2.21. The van der Waals surface area contributed by atoms with Crippen LogP contribution in [0.25, 0.3) is 22.2 Å². The van der Waals surface area contributed by atoms with Crippen LogP contribution < -0.4 is 5.56 Å². The quantitative estimate of drug-likeness (QED) is 0.688. The van der Waals surface area contributed by atoms with Crippen molar-refractivity contribution in [2.24, 2.45) is 7.05 Å². The minimum Gasteiger partial charge on any atom is -0.295 e. The number of nitrogens with one attached hydrogen (secondary N) is 1. The Hall–Kier alpha value is -2.36. The average molecular weight is 225 g/mol. The van der Waals surface area contributed by atoms with Gasteiger partial charge in [-0.15, -0.1) is 0 Å². The molecule has 0 radical (unpaired) electrons. The lowest BCUT2D eigenvalue weighted by molar-refractivity contribution is 0.742. The van der Waals surface area contributed by atoms with Gasteiger partial charge in [0.05, 0.1) is 11.2 Å². The zero-order valence-corrected chi connectivity index (χ0v) is 9.34. The molecule has 84 valence electrons. The first-order valence-electron chi connectivity index (χ1n) is 5.35. The number of aromatic amines is 1. The normalized spacial score (nSPS) is 10.9. The molecule has 3 rings (SSSR count). The Kier molecular flexibility index (Phi) is 2.08. The topological polar surface area (TPSA) is 50.7 Å². The first kappa shape index (κ1) is 9.84. The van der Waals surface area contributed by atoms with E-state index in [2.05, 4.69) is 10.1 Å². The van der Waals surface area contributed by atoms with Crippen LogP contribution in [0.15, 0.2) is 47.4 Å². The number of aromatic nitrogens is 3. The molecule has 17 heavy (non-hydrogen) atoms. The number of aryl methyl sites for hydroxylation is 1. The molecule has 0 amide bonds. The lowest BCUT2D eigenvalue weighted by Crippen LogP contribution is -2.09. The first-order chi connectivity index (χ1) is 8.24. The van der Waals surface area contributed by atoms with Gasteiger partial charge in [0.25, 0.3) is 5.56 Å². The van der Waals surface area contributed by atoms with Crippen molar-refractivity contribution in [3.05, 3.63) is 52.9 Å². The highest BCUT2D eigenvalue weighted by Crippen LogP contribution is 2.20. The molecule has 0 unspecified atom stereocenters. The molecule has 0 aliphatic heterocycles. The highest BCUT2D eigenvalue weighted by atomic mass is 16.1. The zero-order chi connectivity index (χ0) is 11.8. The van der Waals surface area contributed by atoms with Crippen LogP contribution in [0.3, 0.4) is 0 Å². The smallest absolute Gasteiger partial charge is 0.266 e. The molecule has 2 aromatic heterocycles. The third-order valence-corrected chi connectivity index (χ3v) is 2.80. The van der Waals surface area contributed by atoms with Gasteiger partial charge < -0.3 is 0 Å². The highest BCUT2D eigenvalue weighted by Gasteiger charge is 2.03. The molecule has 0 bridgehead atoms. The standard InChI is InChI=1S/C13H11N3O/c1-16-13(17)8-12(15-16)10-4-5-11-9(7-10)3-2-6-14-11/h2-8,15H,1H3. The summed E-state index contributed by atoms with van der Waals surface area (Å²) >= 11 is 0. The van der Waals surface area contributed by atoms with Crippen LogP contribution in [0, 0.1) is 0 Å². The molecule has 0 fully saturated rings. The molecule has 0 atom stereocenters. The molecule has 0 aliphatic rings. The Labute approximate surface area is 97.5 Å². The van der Waals surface area contributed by atoms with Gasteiger partial charge in [0.1, 0.15) is 0 Å². The molecular formula is C13H11N3O. The maximum Gasteiger partial charge on any atom is 0.266 e. The molecule has 3 aromatic rings. The number of nitrogens with zero attached hydrogens (tertiary/aromatic N) is 2. The van der Waals surface area contributed by atoms with Gasteiger partial charge in [-0.25, -0.2) is 0 Å². The molecule has 0 aliphatic carbocycles. The van der Waals surface area contributed by atoms with Crippen LogP contribution in [0.1, 0.15) is 0 Å². The van der Waals surface area contributed by atoms with E-state index in [1.807, 2.05) is 30.3 Å². The molecule has 0 saturated carbocycles. The van der Waals surface area contributed by atoms with Crippen molar-refractivity contribution in [3.63, 3.8) is 0 Å². The highest BCUT2D eigenvalue weighted by molar-refractivity contribution is 5.83. The molecule has 4 heteroatoms. The van der Waals surface area contributed by atoms with Crippen molar-refractivity contribution in [2.45, 2.75) is 0 Å². The molecule has 1 aromatic carbocycles. The van der Waals surface area contributed by atoms with E-state index in [1.54, 1.807) is 19.3 Å². The van der Waals surface area contributed by atoms with Gasteiger partial charge in [-0.2, -0.15) is 0 Å². The van der Waals surface area contributed by atoms with E-state index < -0.39 is 0 Å². The fourth-order valence-electron chi connectivity index (χ4n) is 1.88. The summed E-state index contributed by atoms with van der Waals surface area (Å²) in [5.74, 6) is 0. The summed E-state index contributed by atoms with van der Waals surface area (Å²) in [5.41, 5.74) is 2.73. The van der Waals surface area contributed by atoms with Crippen molar-refractivity contribution in [1.29, 1.82) is 0 Å². The predicted molar refractivity (Wildman–Crippen MR) is 66.8 cm³/mol. The van der Waals surface area contributed by atoms with E-state index in [0.29, 0.717) is 0 Å². The SMILES string of the molecule is Cn1[nH]c(-c2ccc3ncccc3c2)cc1=O. The molecule has 0 spiro atoms. The molecule has 4 nitrogen and oxygen atoms in total.